The lowest BCUT2D eigenvalue weighted by Gasteiger charge is -2.31. The molecule has 1 aromatic heterocycles. The zero-order chi connectivity index (χ0) is 21.5. The van der Waals surface area contributed by atoms with Crippen LogP contribution >= 0.6 is 0 Å². The minimum atomic E-state index is -0.184. The monoisotopic (exact) mass is 414 g/mol. The minimum absolute atomic E-state index is 0.00401. The van der Waals surface area contributed by atoms with Gasteiger partial charge in [0, 0.05) is 24.8 Å². The summed E-state index contributed by atoms with van der Waals surface area (Å²) in [5, 5.41) is 0. The predicted molar refractivity (Wildman–Crippen MR) is 112 cm³/mol. The highest BCUT2D eigenvalue weighted by molar-refractivity contribution is 5.96. The van der Waals surface area contributed by atoms with Gasteiger partial charge >= 0.3 is 0 Å². The second kappa shape index (κ2) is 10.3. The maximum Gasteiger partial charge on any atom is 0.254 e. The van der Waals surface area contributed by atoms with Gasteiger partial charge in [0.05, 0.1) is 26.0 Å². The molecule has 2 amide bonds. The van der Waals surface area contributed by atoms with Crippen molar-refractivity contribution in [3.63, 3.8) is 0 Å². The minimum Gasteiger partial charge on any atom is -0.497 e. The van der Waals surface area contributed by atoms with Gasteiger partial charge in [0.1, 0.15) is 18.1 Å². The third-order valence-corrected chi connectivity index (χ3v) is 5.25. The van der Waals surface area contributed by atoms with E-state index in [9.17, 15) is 9.59 Å². The van der Waals surface area contributed by atoms with Crippen LogP contribution in [0.15, 0.2) is 47.1 Å². The average Bonchev–Trinajstić information content (AvgIpc) is 3.45. The molecule has 1 fully saturated rings. The molecular weight excluding hydrogens is 384 g/mol. The first-order chi connectivity index (χ1) is 14.5. The van der Waals surface area contributed by atoms with Crippen molar-refractivity contribution >= 4 is 11.8 Å². The van der Waals surface area contributed by atoms with E-state index in [4.69, 9.17) is 13.9 Å². The second-order valence-corrected chi connectivity index (χ2v) is 7.74. The number of carbonyl (C=O) groups is 2. The molecule has 0 bridgehead atoms. The van der Waals surface area contributed by atoms with Gasteiger partial charge in [-0.05, 0) is 63.1 Å². The van der Waals surface area contributed by atoms with Crippen LogP contribution in [0.4, 0.5) is 0 Å². The lowest BCUT2D eigenvalue weighted by molar-refractivity contribution is -0.134. The number of hydrogen-bond donors (Lipinski definition) is 0. The smallest absolute Gasteiger partial charge is 0.254 e. The summed E-state index contributed by atoms with van der Waals surface area (Å²) in [4.78, 5) is 29.6. The number of hydrogen-bond acceptors (Lipinski definition) is 5. The van der Waals surface area contributed by atoms with Crippen LogP contribution < -0.4 is 4.74 Å². The first-order valence-electron chi connectivity index (χ1n) is 10.3. The Balaban J connectivity index is 1.72. The Hall–Kier alpha value is -2.80. The zero-order valence-electron chi connectivity index (χ0n) is 17.9. The van der Waals surface area contributed by atoms with Gasteiger partial charge in [-0.1, -0.05) is 0 Å². The zero-order valence-corrected chi connectivity index (χ0v) is 17.9. The molecule has 0 radical (unpaired) electrons. The van der Waals surface area contributed by atoms with E-state index in [-0.39, 0.29) is 30.5 Å². The van der Waals surface area contributed by atoms with Crippen LogP contribution in [0.3, 0.4) is 0 Å². The van der Waals surface area contributed by atoms with Crippen molar-refractivity contribution in [1.82, 2.24) is 9.80 Å². The molecule has 162 valence electrons. The Morgan fingerprint density at radius 2 is 1.97 bits per heavy atom. The van der Waals surface area contributed by atoms with Crippen molar-refractivity contribution in [2.75, 3.05) is 26.8 Å². The molecule has 7 heteroatoms. The number of furan rings is 1. The van der Waals surface area contributed by atoms with Crippen molar-refractivity contribution in [3.05, 3.63) is 54.0 Å². The number of amides is 2. The fourth-order valence-corrected chi connectivity index (χ4v) is 3.51. The first-order valence-corrected chi connectivity index (χ1v) is 10.3. The molecule has 1 saturated heterocycles. The Kier molecular flexibility index (Phi) is 7.52. The van der Waals surface area contributed by atoms with Crippen LogP contribution in [0.5, 0.6) is 5.75 Å². The number of nitrogens with zero attached hydrogens (tertiary/aromatic N) is 2. The Morgan fingerprint density at radius 3 is 2.53 bits per heavy atom. The third kappa shape index (κ3) is 5.63. The fourth-order valence-electron chi connectivity index (χ4n) is 3.51. The molecule has 3 rings (SSSR count). The SMILES string of the molecule is COc1ccc(C(=O)N(CC(=O)N(Cc2ccco2)CC2CCCO2)C(C)C)cc1. The molecule has 2 heterocycles. The molecule has 0 saturated carbocycles. The summed E-state index contributed by atoms with van der Waals surface area (Å²) in [5.41, 5.74) is 0.522. The number of rotatable bonds is 9. The molecule has 1 aliphatic heterocycles. The van der Waals surface area contributed by atoms with Crippen LogP contribution in [0.1, 0.15) is 42.8 Å². The van der Waals surface area contributed by atoms with Crippen molar-refractivity contribution in [3.8, 4) is 5.75 Å². The lowest BCUT2D eigenvalue weighted by Crippen LogP contribution is -2.47. The van der Waals surface area contributed by atoms with Gasteiger partial charge in [0.25, 0.3) is 5.91 Å². The molecule has 1 unspecified atom stereocenters. The first kappa shape index (κ1) is 21.9. The Bertz CT molecular complexity index is 811. The van der Waals surface area contributed by atoms with E-state index in [1.807, 2.05) is 19.9 Å². The summed E-state index contributed by atoms with van der Waals surface area (Å²) < 4.78 is 16.3. The molecule has 0 spiro atoms. The summed E-state index contributed by atoms with van der Waals surface area (Å²) in [6, 6.07) is 10.4. The third-order valence-electron chi connectivity index (χ3n) is 5.25. The highest BCUT2D eigenvalue weighted by Crippen LogP contribution is 2.18. The van der Waals surface area contributed by atoms with E-state index in [1.54, 1.807) is 53.5 Å². The van der Waals surface area contributed by atoms with Crippen molar-refractivity contribution in [2.45, 2.75) is 45.4 Å². The van der Waals surface area contributed by atoms with Crippen LogP contribution in [0.25, 0.3) is 0 Å². The van der Waals surface area contributed by atoms with E-state index >= 15 is 0 Å². The second-order valence-electron chi connectivity index (χ2n) is 7.74. The summed E-state index contributed by atoms with van der Waals surface area (Å²) in [5.74, 6) is 1.08. The lowest BCUT2D eigenvalue weighted by atomic mass is 10.1. The summed E-state index contributed by atoms with van der Waals surface area (Å²) in [7, 11) is 1.58. The van der Waals surface area contributed by atoms with Gasteiger partial charge in [0.15, 0.2) is 0 Å². The maximum atomic E-state index is 13.2. The number of carbonyl (C=O) groups excluding carboxylic acids is 2. The maximum absolute atomic E-state index is 13.2. The van der Waals surface area contributed by atoms with E-state index < -0.39 is 0 Å². The van der Waals surface area contributed by atoms with Gasteiger partial charge in [-0.2, -0.15) is 0 Å². The fraction of sp³-hybridized carbons (Fsp3) is 0.478. The van der Waals surface area contributed by atoms with E-state index in [1.165, 1.54) is 0 Å². The molecule has 0 N–H and O–H groups in total. The van der Waals surface area contributed by atoms with Crippen LogP contribution in [0.2, 0.25) is 0 Å². The van der Waals surface area contributed by atoms with Crippen LogP contribution in [-0.4, -0.2) is 60.6 Å². The standard InChI is InChI=1S/C23H30N2O5/c1-17(2)25(23(27)18-8-10-19(28-3)11-9-18)16-22(26)24(14-20-6-4-12-29-20)15-21-7-5-13-30-21/h4,6,8-12,17,21H,5,7,13-16H2,1-3H3. The molecule has 30 heavy (non-hydrogen) atoms. The summed E-state index contributed by atoms with van der Waals surface area (Å²) in [6.07, 6.45) is 3.55. The topological polar surface area (TPSA) is 72.2 Å². The highest BCUT2D eigenvalue weighted by atomic mass is 16.5. The van der Waals surface area contributed by atoms with Gasteiger partial charge < -0.3 is 23.7 Å². The van der Waals surface area contributed by atoms with E-state index in [0.29, 0.717) is 30.2 Å². The van der Waals surface area contributed by atoms with E-state index in [2.05, 4.69) is 0 Å². The average molecular weight is 415 g/mol. The number of methoxy groups -OCH3 is 1. The van der Waals surface area contributed by atoms with Crippen molar-refractivity contribution in [2.24, 2.45) is 0 Å². The Morgan fingerprint density at radius 1 is 1.20 bits per heavy atom. The van der Waals surface area contributed by atoms with Crippen LogP contribution in [-0.2, 0) is 16.1 Å². The Labute approximate surface area is 177 Å². The van der Waals surface area contributed by atoms with Crippen molar-refractivity contribution in [1.29, 1.82) is 0 Å². The molecule has 1 atom stereocenters. The molecule has 1 aliphatic rings. The van der Waals surface area contributed by atoms with Gasteiger partial charge in [-0.15, -0.1) is 0 Å². The van der Waals surface area contributed by atoms with Gasteiger partial charge in [-0.25, -0.2) is 0 Å². The molecule has 1 aromatic carbocycles. The normalized spacial score (nSPS) is 15.9. The van der Waals surface area contributed by atoms with Crippen molar-refractivity contribution < 1.29 is 23.5 Å². The van der Waals surface area contributed by atoms with Crippen LogP contribution in [0, 0.1) is 0 Å². The highest BCUT2D eigenvalue weighted by Gasteiger charge is 2.28. The predicted octanol–water partition coefficient (Wildman–Crippen LogP) is 3.35. The van der Waals surface area contributed by atoms with Gasteiger partial charge in [-0.3, -0.25) is 9.59 Å². The summed E-state index contributed by atoms with van der Waals surface area (Å²) in [6.45, 7) is 5.38. The molecule has 2 aromatic rings. The number of benzene rings is 1. The largest absolute Gasteiger partial charge is 0.497 e. The molecule has 7 nitrogen and oxygen atoms in total. The summed E-state index contributed by atoms with van der Waals surface area (Å²) >= 11 is 0. The van der Waals surface area contributed by atoms with Gasteiger partial charge in [0.2, 0.25) is 5.91 Å². The quantitative estimate of drug-likeness (QED) is 0.629. The van der Waals surface area contributed by atoms with E-state index in [0.717, 1.165) is 19.4 Å². The molecule has 0 aliphatic carbocycles. The number of ether oxygens (including phenoxy) is 2. The molecular formula is C23H30N2O5.